The summed E-state index contributed by atoms with van der Waals surface area (Å²) in [5.41, 5.74) is 2.43. The Bertz CT molecular complexity index is 1120. The molecule has 4 aromatic rings. The Labute approximate surface area is 147 Å². The quantitative estimate of drug-likeness (QED) is 0.526. The molecule has 0 spiro atoms. The van der Waals surface area contributed by atoms with Crippen LogP contribution in [0.4, 0.5) is 0 Å². The third-order valence-corrected chi connectivity index (χ3v) is 5.06. The maximum atomic E-state index is 12.2. The third-order valence-electron chi connectivity index (χ3n) is 3.90. The molecule has 0 atom stereocenters. The van der Waals surface area contributed by atoms with E-state index in [1.165, 1.54) is 11.3 Å². The zero-order chi connectivity index (χ0) is 17.6. The molecule has 0 aliphatic heterocycles. The molecule has 1 aromatic carbocycles. The van der Waals surface area contributed by atoms with Crippen molar-refractivity contribution >= 4 is 38.6 Å². The van der Waals surface area contributed by atoms with Gasteiger partial charge in [-0.2, -0.15) is 4.68 Å². The van der Waals surface area contributed by atoms with Crippen molar-refractivity contribution in [2.45, 2.75) is 20.8 Å². The molecule has 0 amide bonds. The molecule has 0 saturated carbocycles. The molecule has 0 saturated heterocycles. The Morgan fingerprint density at radius 1 is 1.24 bits per heavy atom. The molecule has 3 aromatic heterocycles. The number of carbonyl (C=O) groups is 1. The fourth-order valence-corrected chi connectivity index (χ4v) is 3.91. The minimum absolute atomic E-state index is 0.331. The molecule has 126 valence electrons. The Balaban J connectivity index is 2.02. The molecule has 0 unspecified atom stereocenters. The van der Waals surface area contributed by atoms with Crippen molar-refractivity contribution in [1.29, 1.82) is 0 Å². The second-order valence-corrected chi connectivity index (χ2v) is 6.54. The van der Waals surface area contributed by atoms with Gasteiger partial charge in [-0.25, -0.2) is 14.8 Å². The number of fused-ring (bicyclic) bond motifs is 2. The van der Waals surface area contributed by atoms with Crippen LogP contribution < -0.4 is 0 Å². The van der Waals surface area contributed by atoms with E-state index in [1.54, 1.807) is 11.6 Å². The Morgan fingerprint density at radius 3 is 2.84 bits per heavy atom. The number of hydrogen-bond acceptors (Lipinski definition) is 7. The highest BCUT2D eigenvalue weighted by Gasteiger charge is 2.22. The summed E-state index contributed by atoms with van der Waals surface area (Å²) in [6.07, 6.45) is 0. The number of hydrogen-bond donors (Lipinski definition) is 0. The number of benzene rings is 1. The van der Waals surface area contributed by atoms with Gasteiger partial charge in [-0.15, -0.1) is 16.4 Å². The second-order valence-electron chi connectivity index (χ2n) is 5.54. The van der Waals surface area contributed by atoms with Gasteiger partial charge < -0.3 is 4.74 Å². The smallest absolute Gasteiger partial charge is 0.348 e. The number of esters is 1. The van der Waals surface area contributed by atoms with Gasteiger partial charge in [-0.05, 0) is 38.5 Å². The van der Waals surface area contributed by atoms with Gasteiger partial charge in [-0.1, -0.05) is 17.3 Å². The van der Waals surface area contributed by atoms with Crippen LogP contribution in [-0.2, 0) is 4.74 Å². The van der Waals surface area contributed by atoms with Gasteiger partial charge >= 0.3 is 5.97 Å². The van der Waals surface area contributed by atoms with E-state index in [-0.39, 0.29) is 5.97 Å². The van der Waals surface area contributed by atoms with Gasteiger partial charge in [0.2, 0.25) is 0 Å². The number of ether oxygens (including phenoxy) is 1. The number of thiophene rings is 1. The predicted octanol–water partition coefficient (Wildman–Crippen LogP) is 3.22. The van der Waals surface area contributed by atoms with E-state index in [1.807, 2.05) is 38.1 Å². The van der Waals surface area contributed by atoms with Crippen LogP contribution in [-0.4, -0.2) is 37.5 Å². The highest BCUT2D eigenvalue weighted by molar-refractivity contribution is 7.20. The van der Waals surface area contributed by atoms with Gasteiger partial charge in [0.25, 0.3) is 0 Å². The van der Waals surface area contributed by atoms with E-state index in [2.05, 4.69) is 20.3 Å². The van der Waals surface area contributed by atoms with Crippen LogP contribution in [0.15, 0.2) is 24.3 Å². The van der Waals surface area contributed by atoms with Crippen molar-refractivity contribution in [2.75, 3.05) is 6.61 Å². The molecule has 0 radical (unpaired) electrons. The molecular formula is C17H15N5O2S. The molecule has 7 nitrogen and oxygen atoms in total. The van der Waals surface area contributed by atoms with E-state index in [0.717, 1.165) is 26.8 Å². The minimum Gasteiger partial charge on any atom is -0.462 e. The van der Waals surface area contributed by atoms with Crippen LogP contribution in [0.1, 0.15) is 28.0 Å². The zero-order valence-corrected chi connectivity index (χ0v) is 14.8. The summed E-state index contributed by atoms with van der Waals surface area (Å²) in [6.45, 7) is 5.82. The van der Waals surface area contributed by atoms with Gasteiger partial charge in [0.15, 0.2) is 5.82 Å². The monoisotopic (exact) mass is 353 g/mol. The second kappa shape index (κ2) is 5.89. The lowest BCUT2D eigenvalue weighted by Crippen LogP contribution is -2.05. The molecule has 0 bridgehead atoms. The van der Waals surface area contributed by atoms with Gasteiger partial charge in [-0.3, -0.25) is 0 Å². The van der Waals surface area contributed by atoms with Crippen molar-refractivity contribution < 1.29 is 9.53 Å². The number of aryl methyl sites for hydroxylation is 2. The first-order valence-corrected chi connectivity index (χ1v) is 8.67. The SMILES string of the molecule is CCOC(=O)c1sc2nc(C)nc(-n3nnc4ccccc43)c2c1C. The highest BCUT2D eigenvalue weighted by atomic mass is 32.1. The minimum atomic E-state index is -0.338. The highest BCUT2D eigenvalue weighted by Crippen LogP contribution is 2.34. The molecule has 8 heteroatoms. The Hall–Kier alpha value is -2.87. The van der Waals surface area contributed by atoms with Crippen molar-refractivity contribution in [3.63, 3.8) is 0 Å². The van der Waals surface area contributed by atoms with Gasteiger partial charge in [0, 0.05) is 0 Å². The van der Waals surface area contributed by atoms with E-state index in [9.17, 15) is 4.79 Å². The summed E-state index contributed by atoms with van der Waals surface area (Å²) in [4.78, 5) is 22.6. The third kappa shape index (κ3) is 2.45. The summed E-state index contributed by atoms with van der Waals surface area (Å²) >= 11 is 1.32. The van der Waals surface area contributed by atoms with Crippen molar-refractivity contribution in [3.8, 4) is 5.82 Å². The van der Waals surface area contributed by atoms with Crippen LogP contribution in [0.25, 0.3) is 27.1 Å². The largest absolute Gasteiger partial charge is 0.462 e. The topological polar surface area (TPSA) is 82.8 Å². The first kappa shape index (κ1) is 15.6. The summed E-state index contributed by atoms with van der Waals surface area (Å²) in [7, 11) is 0. The van der Waals surface area contributed by atoms with E-state index in [4.69, 9.17) is 4.74 Å². The molecule has 0 N–H and O–H groups in total. The van der Waals surface area contributed by atoms with E-state index >= 15 is 0 Å². The first-order chi connectivity index (χ1) is 12.1. The zero-order valence-electron chi connectivity index (χ0n) is 14.0. The lowest BCUT2D eigenvalue weighted by atomic mass is 10.2. The number of rotatable bonds is 3. The molecule has 4 rings (SSSR count). The standard InChI is InChI=1S/C17H15N5O2S/c1-4-24-17(23)14-9(2)13-15(18-10(3)19-16(13)25-14)22-12-8-6-5-7-11(12)20-21-22/h5-8H,4H2,1-3H3. The molecule has 25 heavy (non-hydrogen) atoms. The number of aromatic nitrogens is 5. The Morgan fingerprint density at radius 2 is 2.04 bits per heavy atom. The average molecular weight is 353 g/mol. The molecule has 0 aliphatic rings. The fourth-order valence-electron chi connectivity index (χ4n) is 2.79. The first-order valence-electron chi connectivity index (χ1n) is 7.85. The summed E-state index contributed by atoms with van der Waals surface area (Å²) in [6, 6.07) is 7.68. The van der Waals surface area contributed by atoms with Crippen molar-refractivity contribution in [2.24, 2.45) is 0 Å². The average Bonchev–Trinajstić information content (AvgIpc) is 3.16. The van der Waals surface area contributed by atoms with Gasteiger partial charge in [0.1, 0.15) is 21.0 Å². The van der Waals surface area contributed by atoms with Crippen LogP contribution >= 0.6 is 11.3 Å². The van der Waals surface area contributed by atoms with Gasteiger partial charge in [0.05, 0.1) is 17.5 Å². The summed E-state index contributed by atoms with van der Waals surface area (Å²) in [5, 5.41) is 9.25. The maximum Gasteiger partial charge on any atom is 0.348 e. The van der Waals surface area contributed by atoms with Crippen molar-refractivity contribution in [1.82, 2.24) is 25.0 Å². The van der Waals surface area contributed by atoms with E-state index < -0.39 is 0 Å². The van der Waals surface area contributed by atoms with Crippen molar-refractivity contribution in [3.05, 3.63) is 40.5 Å². The van der Waals surface area contributed by atoms with Crippen LogP contribution in [0.3, 0.4) is 0 Å². The normalized spacial score (nSPS) is 11.3. The number of carbonyl (C=O) groups excluding carboxylic acids is 1. The number of para-hydroxylation sites is 1. The van der Waals surface area contributed by atoms with Crippen LogP contribution in [0, 0.1) is 13.8 Å². The molecule has 0 aliphatic carbocycles. The maximum absolute atomic E-state index is 12.2. The summed E-state index contributed by atoms with van der Waals surface area (Å²) in [5.74, 6) is 0.897. The summed E-state index contributed by atoms with van der Waals surface area (Å²) < 4.78 is 6.85. The lowest BCUT2D eigenvalue weighted by molar-refractivity contribution is 0.0531. The molecule has 0 fully saturated rings. The van der Waals surface area contributed by atoms with E-state index in [0.29, 0.717) is 23.1 Å². The lowest BCUT2D eigenvalue weighted by Gasteiger charge is -2.05. The van der Waals surface area contributed by atoms with Crippen LogP contribution in [0.5, 0.6) is 0 Å². The van der Waals surface area contributed by atoms with Crippen LogP contribution in [0.2, 0.25) is 0 Å². The number of nitrogens with zero attached hydrogens (tertiary/aromatic N) is 5. The molecule has 3 heterocycles. The fraction of sp³-hybridized carbons (Fsp3) is 0.235. The Kier molecular flexibility index (Phi) is 3.69. The molecular weight excluding hydrogens is 338 g/mol. The predicted molar refractivity (Wildman–Crippen MR) is 95.3 cm³/mol.